The number of hydrogen-bond donors (Lipinski definition) is 0. The molecule has 0 amide bonds. The molecule has 0 bridgehead atoms. The van der Waals surface area contributed by atoms with Gasteiger partial charge in [-0.1, -0.05) is 54.6 Å². The molecule has 0 aliphatic heterocycles. The van der Waals surface area contributed by atoms with E-state index in [0.29, 0.717) is 11.8 Å². The topological polar surface area (TPSA) is 42.2 Å². The van der Waals surface area contributed by atoms with Crippen LogP contribution >= 0.6 is 0 Å². The van der Waals surface area contributed by atoms with Crippen molar-refractivity contribution in [3.63, 3.8) is 0 Å². The van der Waals surface area contributed by atoms with Gasteiger partial charge in [0.25, 0.3) is 0 Å². The monoisotopic (exact) mass is 307 g/mol. The Bertz CT molecular complexity index is 767. The summed E-state index contributed by atoms with van der Waals surface area (Å²) in [7, 11) is 2.08. The predicted molar refractivity (Wildman–Crippen MR) is 90.8 cm³/mol. The maximum atomic E-state index is 5.56. The summed E-state index contributed by atoms with van der Waals surface area (Å²) in [5, 5.41) is 8.05. The average molecular weight is 307 g/mol. The van der Waals surface area contributed by atoms with Crippen molar-refractivity contribution in [2.75, 3.05) is 7.05 Å². The van der Waals surface area contributed by atoms with Crippen LogP contribution in [0.1, 0.15) is 30.3 Å². The maximum absolute atomic E-state index is 5.56. The van der Waals surface area contributed by atoms with Crippen LogP contribution in [-0.2, 0) is 6.54 Å². The average Bonchev–Trinajstić information content (AvgIpc) is 3.02. The van der Waals surface area contributed by atoms with Crippen molar-refractivity contribution in [3.05, 3.63) is 71.9 Å². The van der Waals surface area contributed by atoms with Crippen molar-refractivity contribution >= 4 is 0 Å². The highest BCUT2D eigenvalue weighted by Crippen LogP contribution is 2.26. The third kappa shape index (κ3) is 3.48. The van der Waals surface area contributed by atoms with Crippen molar-refractivity contribution in [3.8, 4) is 11.1 Å². The fourth-order valence-corrected chi connectivity index (χ4v) is 2.63. The van der Waals surface area contributed by atoms with Gasteiger partial charge in [0.15, 0.2) is 0 Å². The molecule has 4 heteroatoms. The molecule has 0 unspecified atom stereocenters. The summed E-state index contributed by atoms with van der Waals surface area (Å²) in [6.07, 6.45) is 0. The van der Waals surface area contributed by atoms with Crippen LogP contribution in [0.2, 0.25) is 0 Å². The van der Waals surface area contributed by atoms with Crippen molar-refractivity contribution in [2.24, 2.45) is 0 Å². The first-order chi connectivity index (χ1) is 11.1. The molecule has 3 rings (SSSR count). The van der Waals surface area contributed by atoms with Gasteiger partial charge in [-0.25, -0.2) is 0 Å². The summed E-state index contributed by atoms with van der Waals surface area (Å²) in [5.41, 5.74) is 3.77. The zero-order valence-corrected chi connectivity index (χ0v) is 13.7. The minimum Gasteiger partial charge on any atom is -0.424 e. The Morgan fingerprint density at radius 2 is 1.70 bits per heavy atom. The first-order valence-corrected chi connectivity index (χ1v) is 7.78. The summed E-state index contributed by atoms with van der Waals surface area (Å²) in [4.78, 5) is 2.22. The number of aryl methyl sites for hydroxylation is 1. The molecule has 0 N–H and O–H groups in total. The molecule has 0 spiro atoms. The first-order valence-electron chi connectivity index (χ1n) is 7.78. The molecule has 4 nitrogen and oxygen atoms in total. The third-order valence-electron chi connectivity index (χ3n) is 4.08. The van der Waals surface area contributed by atoms with Crippen molar-refractivity contribution < 1.29 is 4.42 Å². The van der Waals surface area contributed by atoms with Crippen molar-refractivity contribution in [1.82, 2.24) is 15.1 Å². The van der Waals surface area contributed by atoms with Crippen LogP contribution in [-0.4, -0.2) is 22.1 Å². The lowest BCUT2D eigenvalue weighted by atomic mass is 9.99. The Hall–Kier alpha value is -2.46. The van der Waals surface area contributed by atoms with Crippen LogP contribution in [0, 0.1) is 6.92 Å². The fraction of sp³-hybridized carbons (Fsp3) is 0.263. The van der Waals surface area contributed by atoms with E-state index in [-0.39, 0.29) is 6.04 Å². The van der Waals surface area contributed by atoms with E-state index in [0.717, 1.165) is 6.54 Å². The largest absolute Gasteiger partial charge is 0.424 e. The molecule has 23 heavy (non-hydrogen) atoms. The Morgan fingerprint density at radius 3 is 2.39 bits per heavy atom. The van der Waals surface area contributed by atoms with Gasteiger partial charge < -0.3 is 4.42 Å². The lowest BCUT2D eigenvalue weighted by molar-refractivity contribution is 0.215. The van der Waals surface area contributed by atoms with Gasteiger partial charge >= 0.3 is 0 Å². The zero-order chi connectivity index (χ0) is 16.2. The lowest BCUT2D eigenvalue weighted by Crippen LogP contribution is -2.22. The molecule has 3 aromatic rings. The minimum absolute atomic E-state index is 0.0695. The summed E-state index contributed by atoms with van der Waals surface area (Å²) in [6.45, 7) is 4.71. The fourth-order valence-electron chi connectivity index (χ4n) is 2.63. The van der Waals surface area contributed by atoms with Gasteiger partial charge in [-0.3, -0.25) is 4.90 Å². The molecule has 0 fully saturated rings. The number of benzene rings is 2. The van der Waals surface area contributed by atoms with Crippen LogP contribution in [0.4, 0.5) is 0 Å². The first kappa shape index (κ1) is 15.4. The molecule has 1 atom stereocenters. The molecule has 118 valence electrons. The number of aromatic nitrogens is 2. The van der Waals surface area contributed by atoms with Crippen molar-refractivity contribution in [2.45, 2.75) is 26.4 Å². The van der Waals surface area contributed by atoms with Crippen LogP contribution in [0.5, 0.6) is 0 Å². The minimum atomic E-state index is 0.0695. The van der Waals surface area contributed by atoms with E-state index >= 15 is 0 Å². The Balaban J connectivity index is 1.83. The van der Waals surface area contributed by atoms with E-state index in [9.17, 15) is 0 Å². The van der Waals surface area contributed by atoms with E-state index in [1.165, 1.54) is 16.7 Å². The second-order valence-electron chi connectivity index (χ2n) is 5.77. The van der Waals surface area contributed by atoms with Crippen LogP contribution in [0.25, 0.3) is 11.1 Å². The van der Waals surface area contributed by atoms with Crippen LogP contribution in [0.3, 0.4) is 0 Å². The van der Waals surface area contributed by atoms with E-state index in [2.05, 4.69) is 77.6 Å². The van der Waals surface area contributed by atoms with Gasteiger partial charge in [-0.2, -0.15) is 0 Å². The highest BCUT2D eigenvalue weighted by Gasteiger charge is 2.18. The van der Waals surface area contributed by atoms with Crippen LogP contribution in [0.15, 0.2) is 59.0 Å². The van der Waals surface area contributed by atoms with E-state index < -0.39 is 0 Å². The van der Waals surface area contributed by atoms with E-state index in [4.69, 9.17) is 4.42 Å². The molecule has 0 radical (unpaired) electrons. The van der Waals surface area contributed by atoms with E-state index in [1.54, 1.807) is 0 Å². The lowest BCUT2D eigenvalue weighted by Gasteiger charge is -2.23. The SMILES string of the molecule is Cc1nnc([C@@H](C)N(C)Cc2ccccc2-c2ccccc2)o1. The van der Waals surface area contributed by atoms with Gasteiger partial charge in [-0.05, 0) is 30.7 Å². The van der Waals surface area contributed by atoms with Crippen molar-refractivity contribution in [1.29, 1.82) is 0 Å². The summed E-state index contributed by atoms with van der Waals surface area (Å²) < 4.78 is 5.56. The Morgan fingerprint density at radius 1 is 1.00 bits per heavy atom. The summed E-state index contributed by atoms with van der Waals surface area (Å²) >= 11 is 0. The van der Waals surface area contributed by atoms with Gasteiger partial charge in [0.1, 0.15) is 0 Å². The molecule has 2 aromatic carbocycles. The number of nitrogens with zero attached hydrogens (tertiary/aromatic N) is 3. The highest BCUT2D eigenvalue weighted by molar-refractivity contribution is 5.67. The smallest absolute Gasteiger partial charge is 0.233 e. The maximum Gasteiger partial charge on any atom is 0.233 e. The molecule has 0 aliphatic rings. The van der Waals surface area contributed by atoms with Gasteiger partial charge in [-0.15, -0.1) is 10.2 Å². The predicted octanol–water partition coefficient (Wildman–Crippen LogP) is 4.24. The Labute approximate surface area is 136 Å². The molecular weight excluding hydrogens is 286 g/mol. The van der Waals surface area contributed by atoms with Gasteiger partial charge in [0.2, 0.25) is 11.8 Å². The normalized spacial score (nSPS) is 12.5. The summed E-state index contributed by atoms with van der Waals surface area (Å²) in [5.74, 6) is 1.26. The zero-order valence-electron chi connectivity index (χ0n) is 13.7. The molecule has 1 heterocycles. The second kappa shape index (κ2) is 6.75. The highest BCUT2D eigenvalue weighted by atomic mass is 16.4. The number of rotatable bonds is 5. The third-order valence-corrected chi connectivity index (χ3v) is 4.08. The molecule has 0 saturated heterocycles. The molecule has 1 aromatic heterocycles. The van der Waals surface area contributed by atoms with Gasteiger partial charge in [0, 0.05) is 13.5 Å². The molecule has 0 aliphatic carbocycles. The van der Waals surface area contributed by atoms with Gasteiger partial charge in [0.05, 0.1) is 6.04 Å². The standard InChI is InChI=1S/C19H21N3O/c1-14(19-21-20-15(2)23-19)22(3)13-17-11-7-8-12-18(17)16-9-5-4-6-10-16/h4-12,14H,13H2,1-3H3/t14-/m1/s1. The van der Waals surface area contributed by atoms with Crippen LogP contribution < -0.4 is 0 Å². The summed E-state index contributed by atoms with van der Waals surface area (Å²) in [6, 6.07) is 19.0. The Kier molecular flexibility index (Phi) is 4.53. The molecular formula is C19H21N3O. The quantitative estimate of drug-likeness (QED) is 0.707. The second-order valence-corrected chi connectivity index (χ2v) is 5.77. The van der Waals surface area contributed by atoms with E-state index in [1.807, 2.05) is 13.0 Å². The molecule has 0 saturated carbocycles. The number of hydrogen-bond acceptors (Lipinski definition) is 4.